The second-order valence-corrected chi connectivity index (χ2v) is 9.37. The zero-order chi connectivity index (χ0) is 26.5. The molecule has 37 heavy (non-hydrogen) atoms. The van der Waals surface area contributed by atoms with Crippen LogP contribution in [0.15, 0.2) is 78.4 Å². The first kappa shape index (κ1) is 26.0. The van der Waals surface area contributed by atoms with Crippen LogP contribution < -0.4 is 9.47 Å². The minimum atomic E-state index is -0.729. The van der Waals surface area contributed by atoms with Crippen molar-refractivity contribution in [1.29, 1.82) is 0 Å². The molecular formula is C30H32N2O5. The Morgan fingerprint density at radius 2 is 1.70 bits per heavy atom. The van der Waals surface area contributed by atoms with Crippen molar-refractivity contribution in [2.75, 3.05) is 34.3 Å². The van der Waals surface area contributed by atoms with Crippen molar-refractivity contribution in [2.24, 2.45) is 0 Å². The number of hydrogen-bond donors (Lipinski definition) is 1. The molecule has 3 aromatic carbocycles. The summed E-state index contributed by atoms with van der Waals surface area (Å²) in [7, 11) is 5.37. The van der Waals surface area contributed by atoms with Crippen molar-refractivity contribution in [3.8, 4) is 11.5 Å². The van der Waals surface area contributed by atoms with E-state index < -0.39 is 17.7 Å². The predicted molar refractivity (Wildman–Crippen MR) is 143 cm³/mol. The lowest BCUT2D eigenvalue weighted by atomic mass is 9.95. The lowest BCUT2D eigenvalue weighted by molar-refractivity contribution is -0.140. The Labute approximate surface area is 217 Å². The summed E-state index contributed by atoms with van der Waals surface area (Å²) in [5.74, 6) is -0.318. The number of amides is 1. The molecule has 0 aliphatic carbocycles. The van der Waals surface area contributed by atoms with E-state index in [1.807, 2.05) is 50.2 Å². The quantitative estimate of drug-likeness (QED) is 0.264. The van der Waals surface area contributed by atoms with Gasteiger partial charge in [-0.3, -0.25) is 9.59 Å². The summed E-state index contributed by atoms with van der Waals surface area (Å²) in [6, 6.07) is 21.4. The fourth-order valence-electron chi connectivity index (χ4n) is 4.41. The zero-order valence-electron chi connectivity index (χ0n) is 21.6. The van der Waals surface area contributed by atoms with Gasteiger partial charge in [-0.15, -0.1) is 0 Å². The summed E-state index contributed by atoms with van der Waals surface area (Å²) >= 11 is 0. The number of benzene rings is 3. The summed E-state index contributed by atoms with van der Waals surface area (Å²) in [5, 5.41) is 11.3. The highest BCUT2D eigenvalue weighted by molar-refractivity contribution is 6.46. The van der Waals surface area contributed by atoms with Gasteiger partial charge in [-0.05, 0) is 68.5 Å². The normalized spacial score (nSPS) is 16.9. The van der Waals surface area contributed by atoms with Crippen LogP contribution in [0.25, 0.3) is 5.76 Å². The van der Waals surface area contributed by atoms with Gasteiger partial charge in [-0.2, -0.15) is 0 Å². The number of hydrogen-bond acceptors (Lipinski definition) is 6. The highest BCUT2D eigenvalue weighted by Crippen LogP contribution is 2.40. The maximum atomic E-state index is 13.2. The average molecular weight is 501 g/mol. The van der Waals surface area contributed by atoms with E-state index in [4.69, 9.17) is 9.47 Å². The largest absolute Gasteiger partial charge is 0.507 e. The third-order valence-electron chi connectivity index (χ3n) is 6.35. The lowest BCUT2D eigenvalue weighted by Crippen LogP contribution is -2.35. The minimum Gasteiger partial charge on any atom is -0.507 e. The molecule has 1 fully saturated rings. The molecule has 192 valence electrons. The van der Waals surface area contributed by atoms with Crippen LogP contribution in [-0.4, -0.2) is 60.9 Å². The number of carbonyl (C=O) groups is 2. The van der Waals surface area contributed by atoms with Crippen LogP contribution in [0.4, 0.5) is 0 Å². The smallest absolute Gasteiger partial charge is 0.295 e. The van der Waals surface area contributed by atoms with E-state index in [1.165, 1.54) is 4.90 Å². The van der Waals surface area contributed by atoms with Gasteiger partial charge >= 0.3 is 0 Å². The van der Waals surface area contributed by atoms with Crippen LogP contribution in [0, 0.1) is 6.92 Å². The number of likely N-dealkylation sites (tertiary alicyclic amines) is 1. The molecule has 7 heteroatoms. The van der Waals surface area contributed by atoms with Crippen LogP contribution in [0.3, 0.4) is 0 Å². The molecule has 1 atom stereocenters. The number of aliphatic hydroxyl groups excluding tert-OH is 1. The standard InChI is InChI=1S/C30H32N2O5/c1-20-7-5-8-21(17-20)19-37-24-13-11-22(12-14-24)28(33)26-27(23-9-6-10-25(18-23)36-4)32(16-15-31(2)3)30(35)29(26)34/h5-14,17-18,27,33H,15-16,19H2,1-4H3/t27-/m1/s1. The fourth-order valence-corrected chi connectivity index (χ4v) is 4.41. The molecule has 7 nitrogen and oxygen atoms in total. The van der Waals surface area contributed by atoms with Gasteiger partial charge in [0.15, 0.2) is 0 Å². The number of Topliss-reactive ketones (excluding diaryl/α,β-unsaturated/α-hetero) is 1. The van der Waals surface area contributed by atoms with Gasteiger partial charge in [0.05, 0.1) is 18.7 Å². The van der Waals surface area contributed by atoms with Crippen LogP contribution >= 0.6 is 0 Å². The SMILES string of the molecule is COc1cccc([C@@H]2C(=C(O)c3ccc(OCc4cccc(C)c4)cc3)C(=O)C(=O)N2CCN(C)C)c1. The molecular weight excluding hydrogens is 468 g/mol. The van der Waals surface area contributed by atoms with Crippen molar-refractivity contribution < 1.29 is 24.2 Å². The fraction of sp³-hybridized carbons (Fsp3) is 0.267. The van der Waals surface area contributed by atoms with Crippen molar-refractivity contribution in [1.82, 2.24) is 9.80 Å². The van der Waals surface area contributed by atoms with E-state index in [0.29, 0.717) is 42.3 Å². The van der Waals surface area contributed by atoms with Crippen LogP contribution in [0.1, 0.15) is 28.3 Å². The van der Waals surface area contributed by atoms with E-state index in [0.717, 1.165) is 11.1 Å². The van der Waals surface area contributed by atoms with Gasteiger partial charge < -0.3 is 24.4 Å². The maximum Gasteiger partial charge on any atom is 0.295 e. The second kappa shape index (κ2) is 11.3. The molecule has 0 aromatic heterocycles. The Hall–Kier alpha value is -4.10. The molecule has 0 saturated carbocycles. The van der Waals surface area contributed by atoms with Gasteiger partial charge in [0.25, 0.3) is 11.7 Å². The number of ether oxygens (including phenoxy) is 2. The molecule has 4 rings (SSSR count). The third-order valence-corrected chi connectivity index (χ3v) is 6.35. The number of aryl methyl sites for hydroxylation is 1. The molecule has 3 aromatic rings. The third kappa shape index (κ3) is 5.84. The zero-order valence-corrected chi connectivity index (χ0v) is 21.6. The van der Waals surface area contributed by atoms with E-state index >= 15 is 0 Å². The first-order valence-corrected chi connectivity index (χ1v) is 12.1. The topological polar surface area (TPSA) is 79.3 Å². The number of ketones is 1. The van der Waals surface area contributed by atoms with Gasteiger partial charge in [-0.1, -0.05) is 42.0 Å². The molecule has 0 bridgehead atoms. The van der Waals surface area contributed by atoms with Crippen LogP contribution in [0.2, 0.25) is 0 Å². The number of methoxy groups -OCH3 is 1. The Balaban J connectivity index is 1.66. The number of rotatable bonds is 9. The highest BCUT2D eigenvalue weighted by atomic mass is 16.5. The van der Waals surface area contributed by atoms with Crippen molar-refractivity contribution in [3.05, 3.63) is 101 Å². The van der Waals surface area contributed by atoms with Crippen molar-refractivity contribution in [2.45, 2.75) is 19.6 Å². The Morgan fingerprint density at radius 3 is 2.38 bits per heavy atom. The summed E-state index contributed by atoms with van der Waals surface area (Å²) in [6.07, 6.45) is 0. The summed E-state index contributed by atoms with van der Waals surface area (Å²) in [5.41, 5.74) is 3.40. The van der Waals surface area contributed by atoms with E-state index in [1.54, 1.807) is 49.6 Å². The van der Waals surface area contributed by atoms with E-state index in [-0.39, 0.29) is 11.3 Å². The van der Waals surface area contributed by atoms with Gasteiger partial charge in [0.1, 0.15) is 23.9 Å². The summed E-state index contributed by atoms with van der Waals surface area (Å²) < 4.78 is 11.3. The lowest BCUT2D eigenvalue weighted by Gasteiger charge is -2.26. The van der Waals surface area contributed by atoms with E-state index in [9.17, 15) is 14.7 Å². The summed E-state index contributed by atoms with van der Waals surface area (Å²) in [6.45, 7) is 3.35. The average Bonchev–Trinajstić information content (AvgIpc) is 3.15. The van der Waals surface area contributed by atoms with Crippen molar-refractivity contribution in [3.63, 3.8) is 0 Å². The molecule has 0 unspecified atom stereocenters. The molecule has 1 aliphatic rings. The molecule has 0 spiro atoms. The molecule has 1 N–H and O–H groups in total. The van der Waals surface area contributed by atoms with Crippen LogP contribution in [0.5, 0.6) is 11.5 Å². The number of aliphatic hydroxyl groups is 1. The van der Waals surface area contributed by atoms with Gasteiger partial charge in [-0.25, -0.2) is 0 Å². The Kier molecular flexibility index (Phi) is 7.94. The Morgan fingerprint density at radius 1 is 0.973 bits per heavy atom. The first-order chi connectivity index (χ1) is 17.8. The van der Waals surface area contributed by atoms with Crippen LogP contribution in [-0.2, 0) is 16.2 Å². The van der Waals surface area contributed by atoms with E-state index in [2.05, 4.69) is 6.07 Å². The Bertz CT molecular complexity index is 1310. The number of carbonyl (C=O) groups excluding carboxylic acids is 2. The molecule has 1 heterocycles. The number of nitrogens with zero attached hydrogens (tertiary/aromatic N) is 2. The predicted octanol–water partition coefficient (Wildman–Crippen LogP) is 4.57. The molecule has 1 amide bonds. The highest BCUT2D eigenvalue weighted by Gasteiger charge is 2.46. The second-order valence-electron chi connectivity index (χ2n) is 9.37. The first-order valence-electron chi connectivity index (χ1n) is 12.1. The number of likely N-dealkylation sites (N-methyl/N-ethyl adjacent to an activating group) is 1. The van der Waals surface area contributed by atoms with Crippen molar-refractivity contribution >= 4 is 17.4 Å². The van der Waals surface area contributed by atoms with Gasteiger partial charge in [0, 0.05) is 18.7 Å². The summed E-state index contributed by atoms with van der Waals surface area (Å²) in [4.78, 5) is 29.7. The molecule has 1 aliphatic heterocycles. The molecule has 0 radical (unpaired) electrons. The molecule has 1 saturated heterocycles. The minimum absolute atomic E-state index is 0.0606. The monoisotopic (exact) mass is 500 g/mol. The maximum absolute atomic E-state index is 13.2. The van der Waals surface area contributed by atoms with Gasteiger partial charge in [0.2, 0.25) is 0 Å².